The molecular formula is C15H12N2O5. The van der Waals surface area contributed by atoms with Gasteiger partial charge in [-0.05, 0) is 13.0 Å². The minimum Gasteiger partial charge on any atom is -0.362 e. The van der Waals surface area contributed by atoms with Crippen molar-refractivity contribution in [1.29, 1.82) is 0 Å². The molecule has 0 spiro atoms. The van der Waals surface area contributed by atoms with Gasteiger partial charge in [-0.2, -0.15) is 0 Å². The van der Waals surface area contributed by atoms with E-state index in [2.05, 4.69) is 0 Å². The number of fused-ring (bicyclic) bond motifs is 5. The van der Waals surface area contributed by atoms with Gasteiger partial charge in [-0.1, -0.05) is 24.3 Å². The van der Waals surface area contributed by atoms with Crippen molar-refractivity contribution in [2.45, 2.75) is 18.6 Å². The average molecular weight is 300 g/mol. The average Bonchev–Trinajstić information content (AvgIpc) is 3.08. The number of para-hydroxylation sites is 2. The molecule has 0 unspecified atom stereocenters. The zero-order valence-electron chi connectivity index (χ0n) is 11.6. The van der Waals surface area contributed by atoms with E-state index in [1.165, 1.54) is 18.2 Å². The fourth-order valence-electron chi connectivity index (χ4n) is 3.70. The number of anilines is 1. The van der Waals surface area contributed by atoms with E-state index in [9.17, 15) is 19.7 Å². The van der Waals surface area contributed by atoms with Crippen LogP contribution in [0.1, 0.15) is 6.92 Å². The Kier molecular flexibility index (Phi) is 2.40. The first-order valence-electron chi connectivity index (χ1n) is 6.92. The van der Waals surface area contributed by atoms with Crippen LogP contribution in [0.2, 0.25) is 0 Å². The minimum absolute atomic E-state index is 0.0277. The maximum absolute atomic E-state index is 12.7. The van der Waals surface area contributed by atoms with Gasteiger partial charge in [0, 0.05) is 6.07 Å². The number of hydrogen-bond acceptors (Lipinski definition) is 5. The lowest BCUT2D eigenvalue weighted by molar-refractivity contribution is -0.384. The third-order valence-electron chi connectivity index (χ3n) is 4.65. The van der Waals surface area contributed by atoms with E-state index in [1.54, 1.807) is 25.1 Å². The van der Waals surface area contributed by atoms with Crippen LogP contribution in [0.15, 0.2) is 36.4 Å². The van der Waals surface area contributed by atoms with Crippen molar-refractivity contribution < 1.29 is 19.2 Å². The molecule has 112 valence electrons. The maximum atomic E-state index is 12.7. The second kappa shape index (κ2) is 4.01. The van der Waals surface area contributed by atoms with E-state index in [0.717, 1.165) is 4.90 Å². The third-order valence-corrected chi connectivity index (χ3v) is 4.65. The molecule has 2 fully saturated rings. The van der Waals surface area contributed by atoms with Crippen LogP contribution in [0.4, 0.5) is 11.4 Å². The van der Waals surface area contributed by atoms with E-state index in [0.29, 0.717) is 0 Å². The van der Waals surface area contributed by atoms with Crippen molar-refractivity contribution in [3.63, 3.8) is 0 Å². The lowest BCUT2D eigenvalue weighted by Crippen LogP contribution is -2.38. The molecule has 3 heterocycles. The van der Waals surface area contributed by atoms with Crippen LogP contribution in [-0.2, 0) is 14.3 Å². The van der Waals surface area contributed by atoms with Gasteiger partial charge in [0.05, 0.1) is 28.5 Å². The van der Waals surface area contributed by atoms with Gasteiger partial charge in [0.25, 0.3) is 5.69 Å². The summed E-state index contributed by atoms with van der Waals surface area (Å²) in [6.45, 7) is 1.77. The highest BCUT2D eigenvalue weighted by Gasteiger charge is 2.66. The SMILES string of the molecule is C[C@@]12C=C[C@@H](O1)[C@@H]1C(=O)N(c3ccccc3[N+](=O)[O-])C(=O)[C@@H]12. The van der Waals surface area contributed by atoms with Crippen molar-refractivity contribution in [3.05, 3.63) is 46.5 Å². The van der Waals surface area contributed by atoms with Crippen LogP contribution >= 0.6 is 0 Å². The molecule has 1 aromatic rings. The van der Waals surface area contributed by atoms with Crippen LogP contribution in [0.5, 0.6) is 0 Å². The maximum Gasteiger partial charge on any atom is 0.293 e. The number of rotatable bonds is 2. The Labute approximate surface area is 125 Å². The summed E-state index contributed by atoms with van der Waals surface area (Å²) >= 11 is 0. The van der Waals surface area contributed by atoms with Crippen LogP contribution in [0.3, 0.4) is 0 Å². The number of carbonyl (C=O) groups excluding carboxylic acids is 2. The van der Waals surface area contributed by atoms with Gasteiger partial charge in [-0.15, -0.1) is 0 Å². The summed E-state index contributed by atoms with van der Waals surface area (Å²) in [6, 6.07) is 5.79. The van der Waals surface area contributed by atoms with Crippen molar-refractivity contribution >= 4 is 23.2 Å². The second-order valence-electron chi connectivity index (χ2n) is 5.89. The van der Waals surface area contributed by atoms with E-state index < -0.39 is 40.3 Å². The first-order chi connectivity index (χ1) is 10.4. The molecule has 3 aliphatic rings. The predicted molar refractivity (Wildman–Crippen MR) is 75.0 cm³/mol. The van der Waals surface area contributed by atoms with Crippen LogP contribution in [0, 0.1) is 22.0 Å². The summed E-state index contributed by atoms with van der Waals surface area (Å²) in [4.78, 5) is 36.9. The molecule has 7 heteroatoms. The molecule has 2 bridgehead atoms. The largest absolute Gasteiger partial charge is 0.362 e. The summed E-state index contributed by atoms with van der Waals surface area (Å²) in [7, 11) is 0. The summed E-state index contributed by atoms with van der Waals surface area (Å²) in [5.41, 5.74) is -1.03. The fraction of sp³-hybridized carbons (Fsp3) is 0.333. The van der Waals surface area contributed by atoms with E-state index in [1.807, 2.05) is 0 Å². The minimum atomic E-state index is -0.805. The number of hydrogen-bond donors (Lipinski definition) is 0. The number of ether oxygens (including phenoxy) is 1. The molecule has 0 N–H and O–H groups in total. The summed E-state index contributed by atoms with van der Waals surface area (Å²) in [5, 5.41) is 11.2. The molecular weight excluding hydrogens is 288 g/mol. The highest BCUT2D eigenvalue weighted by Crippen LogP contribution is 2.52. The Morgan fingerprint density at radius 1 is 1.27 bits per heavy atom. The molecule has 0 aliphatic carbocycles. The molecule has 1 aromatic carbocycles. The summed E-state index contributed by atoms with van der Waals surface area (Å²) in [6.07, 6.45) is 3.15. The predicted octanol–water partition coefficient (Wildman–Crippen LogP) is 1.43. The summed E-state index contributed by atoms with van der Waals surface area (Å²) < 4.78 is 5.72. The molecule has 7 nitrogen and oxygen atoms in total. The quantitative estimate of drug-likeness (QED) is 0.357. The highest BCUT2D eigenvalue weighted by atomic mass is 16.6. The first-order valence-corrected chi connectivity index (χ1v) is 6.92. The second-order valence-corrected chi connectivity index (χ2v) is 5.89. The van der Waals surface area contributed by atoms with E-state index >= 15 is 0 Å². The van der Waals surface area contributed by atoms with Crippen molar-refractivity contribution in [2.24, 2.45) is 11.8 Å². The Morgan fingerprint density at radius 2 is 2.00 bits per heavy atom. The fourth-order valence-corrected chi connectivity index (χ4v) is 3.70. The van der Waals surface area contributed by atoms with Crippen molar-refractivity contribution in [1.82, 2.24) is 0 Å². The molecule has 2 amide bonds. The van der Waals surface area contributed by atoms with Crippen LogP contribution < -0.4 is 4.90 Å². The summed E-state index contributed by atoms with van der Waals surface area (Å²) in [5.74, 6) is -2.07. The van der Waals surface area contributed by atoms with Crippen molar-refractivity contribution in [2.75, 3.05) is 4.90 Å². The smallest absolute Gasteiger partial charge is 0.293 e. The number of imide groups is 1. The molecule has 2 saturated heterocycles. The Morgan fingerprint density at radius 3 is 2.68 bits per heavy atom. The van der Waals surface area contributed by atoms with Gasteiger partial charge in [0.1, 0.15) is 5.69 Å². The zero-order valence-corrected chi connectivity index (χ0v) is 11.6. The number of nitro groups is 1. The van der Waals surface area contributed by atoms with E-state index in [4.69, 9.17) is 4.74 Å². The van der Waals surface area contributed by atoms with Crippen LogP contribution in [0.25, 0.3) is 0 Å². The van der Waals surface area contributed by atoms with Gasteiger partial charge < -0.3 is 4.74 Å². The van der Waals surface area contributed by atoms with Gasteiger partial charge in [-0.3, -0.25) is 19.7 Å². The molecule has 3 aliphatic heterocycles. The molecule has 0 radical (unpaired) electrons. The Hall–Kier alpha value is -2.54. The molecule has 4 rings (SSSR count). The van der Waals surface area contributed by atoms with Crippen LogP contribution in [-0.4, -0.2) is 28.4 Å². The number of benzene rings is 1. The molecule has 22 heavy (non-hydrogen) atoms. The van der Waals surface area contributed by atoms with Crippen molar-refractivity contribution in [3.8, 4) is 0 Å². The van der Waals surface area contributed by atoms with Gasteiger partial charge in [0.2, 0.25) is 11.8 Å². The highest BCUT2D eigenvalue weighted by molar-refractivity contribution is 6.24. The number of carbonyl (C=O) groups is 2. The monoisotopic (exact) mass is 300 g/mol. The Balaban J connectivity index is 1.82. The topological polar surface area (TPSA) is 89.8 Å². The Bertz CT molecular complexity index is 758. The normalized spacial score (nSPS) is 35.3. The van der Waals surface area contributed by atoms with Gasteiger partial charge in [-0.25, -0.2) is 4.90 Å². The first kappa shape index (κ1) is 13.1. The zero-order chi connectivity index (χ0) is 15.6. The van der Waals surface area contributed by atoms with E-state index in [-0.39, 0.29) is 11.4 Å². The molecule has 4 atom stereocenters. The lowest BCUT2D eigenvalue weighted by Gasteiger charge is -2.23. The molecule has 0 aromatic heterocycles. The lowest BCUT2D eigenvalue weighted by atomic mass is 9.78. The third kappa shape index (κ3) is 1.43. The standard InChI is InChI=1S/C15H12N2O5/c1-15-7-6-10(22-15)11-12(15)14(19)16(13(11)18)8-4-2-3-5-9(8)17(20)21/h2-7,10-12H,1H3/t10-,11+,12-,15+/m1/s1. The number of nitrogens with zero attached hydrogens (tertiary/aromatic N) is 2. The number of nitro benzene ring substituents is 1. The van der Waals surface area contributed by atoms with Gasteiger partial charge in [0.15, 0.2) is 0 Å². The molecule has 0 saturated carbocycles. The van der Waals surface area contributed by atoms with Gasteiger partial charge >= 0.3 is 0 Å². The number of amides is 2.